The summed E-state index contributed by atoms with van der Waals surface area (Å²) in [7, 11) is 1.98. The minimum atomic E-state index is 0.282. The molecule has 3 heteroatoms. The van der Waals surface area contributed by atoms with E-state index < -0.39 is 0 Å². The Bertz CT molecular complexity index is 311. The summed E-state index contributed by atoms with van der Waals surface area (Å²) in [5, 5.41) is 3.79. The van der Waals surface area contributed by atoms with Crippen LogP contribution in [0, 0.1) is 5.92 Å². The topological polar surface area (TPSA) is 25.2 Å². The summed E-state index contributed by atoms with van der Waals surface area (Å²) in [6.07, 6.45) is 6.24. The maximum absolute atomic E-state index is 5.82. The van der Waals surface area contributed by atoms with Crippen molar-refractivity contribution in [2.24, 2.45) is 5.92 Å². The second kappa shape index (κ2) is 7.78. The number of furan rings is 1. The van der Waals surface area contributed by atoms with Crippen molar-refractivity contribution in [3.8, 4) is 0 Å². The predicted octanol–water partition coefficient (Wildman–Crippen LogP) is 4.80. The Labute approximate surface area is 110 Å². The third kappa shape index (κ3) is 4.72. The molecule has 2 atom stereocenters. The Kier molecular flexibility index (Phi) is 6.68. The summed E-state index contributed by atoms with van der Waals surface area (Å²) in [5.41, 5.74) is 0. The van der Waals surface area contributed by atoms with Crippen LogP contribution in [0.2, 0.25) is 5.22 Å². The lowest BCUT2D eigenvalue weighted by molar-refractivity contribution is 0.329. The summed E-state index contributed by atoms with van der Waals surface area (Å²) in [4.78, 5) is 0. The van der Waals surface area contributed by atoms with Gasteiger partial charge >= 0.3 is 0 Å². The second-order valence-electron chi connectivity index (χ2n) is 4.64. The molecule has 0 spiro atoms. The van der Waals surface area contributed by atoms with E-state index in [9.17, 15) is 0 Å². The zero-order valence-corrected chi connectivity index (χ0v) is 11.9. The largest absolute Gasteiger partial charge is 0.448 e. The molecule has 0 fully saturated rings. The summed E-state index contributed by atoms with van der Waals surface area (Å²) in [6.45, 7) is 4.51. The summed E-state index contributed by atoms with van der Waals surface area (Å²) in [5.74, 6) is 1.71. The van der Waals surface area contributed by atoms with Gasteiger partial charge in [-0.1, -0.05) is 39.5 Å². The number of hydrogen-bond donors (Lipinski definition) is 1. The van der Waals surface area contributed by atoms with Crippen LogP contribution in [-0.2, 0) is 0 Å². The molecule has 0 aliphatic heterocycles. The van der Waals surface area contributed by atoms with Crippen molar-refractivity contribution < 1.29 is 4.42 Å². The Morgan fingerprint density at radius 1 is 1.35 bits per heavy atom. The zero-order valence-electron chi connectivity index (χ0n) is 11.1. The first kappa shape index (κ1) is 14.6. The molecule has 0 bridgehead atoms. The van der Waals surface area contributed by atoms with E-state index in [-0.39, 0.29) is 6.04 Å². The Hall–Kier alpha value is -0.470. The fourth-order valence-corrected chi connectivity index (χ4v) is 2.36. The van der Waals surface area contributed by atoms with Crippen LogP contribution in [0.25, 0.3) is 0 Å². The molecule has 0 radical (unpaired) electrons. The van der Waals surface area contributed by atoms with Gasteiger partial charge in [0, 0.05) is 0 Å². The standard InChI is InChI=1S/C14H24ClNO/c1-4-6-7-11(5-2)10-12(16-3)13-8-9-14(15)17-13/h8-9,11-12,16H,4-7,10H2,1-3H3. The third-order valence-corrected chi connectivity index (χ3v) is 3.60. The fraction of sp³-hybridized carbons (Fsp3) is 0.714. The maximum Gasteiger partial charge on any atom is 0.193 e. The summed E-state index contributed by atoms with van der Waals surface area (Å²) < 4.78 is 5.49. The van der Waals surface area contributed by atoms with E-state index in [1.165, 1.54) is 25.7 Å². The molecule has 0 saturated carbocycles. The van der Waals surface area contributed by atoms with E-state index in [0.717, 1.165) is 18.1 Å². The van der Waals surface area contributed by atoms with Gasteiger partial charge in [-0.3, -0.25) is 0 Å². The average molecular weight is 258 g/mol. The third-order valence-electron chi connectivity index (χ3n) is 3.40. The van der Waals surface area contributed by atoms with E-state index in [1.54, 1.807) is 0 Å². The maximum atomic E-state index is 5.82. The van der Waals surface area contributed by atoms with E-state index >= 15 is 0 Å². The molecule has 17 heavy (non-hydrogen) atoms. The van der Waals surface area contributed by atoms with E-state index in [0.29, 0.717) is 5.22 Å². The van der Waals surface area contributed by atoms with Crippen LogP contribution >= 0.6 is 11.6 Å². The Morgan fingerprint density at radius 2 is 2.12 bits per heavy atom. The first-order valence-corrected chi connectivity index (χ1v) is 7.01. The van der Waals surface area contributed by atoms with Crippen LogP contribution in [0.5, 0.6) is 0 Å². The molecule has 0 aliphatic rings. The molecule has 2 nitrogen and oxygen atoms in total. The van der Waals surface area contributed by atoms with Gasteiger partial charge < -0.3 is 9.73 Å². The molecule has 98 valence electrons. The lowest BCUT2D eigenvalue weighted by Gasteiger charge is -2.20. The van der Waals surface area contributed by atoms with Crippen molar-refractivity contribution in [2.75, 3.05) is 7.05 Å². The van der Waals surface area contributed by atoms with Crippen LogP contribution in [0.1, 0.15) is 57.8 Å². The lowest BCUT2D eigenvalue weighted by Crippen LogP contribution is -2.19. The van der Waals surface area contributed by atoms with E-state index in [1.807, 2.05) is 19.2 Å². The molecule has 0 saturated heterocycles. The molecular weight excluding hydrogens is 234 g/mol. The van der Waals surface area contributed by atoms with Crippen molar-refractivity contribution in [1.82, 2.24) is 5.32 Å². The molecule has 1 N–H and O–H groups in total. The molecule has 1 aromatic heterocycles. The van der Waals surface area contributed by atoms with Crippen molar-refractivity contribution in [2.45, 2.75) is 52.0 Å². The highest BCUT2D eigenvalue weighted by Gasteiger charge is 2.18. The van der Waals surface area contributed by atoms with Gasteiger partial charge in [0.15, 0.2) is 5.22 Å². The molecule has 1 aromatic rings. The number of halogens is 1. The van der Waals surface area contributed by atoms with Crippen LogP contribution in [-0.4, -0.2) is 7.05 Å². The predicted molar refractivity (Wildman–Crippen MR) is 73.4 cm³/mol. The monoisotopic (exact) mass is 257 g/mol. The molecule has 1 heterocycles. The van der Waals surface area contributed by atoms with Gasteiger partial charge in [-0.25, -0.2) is 0 Å². The molecule has 0 aromatic carbocycles. The van der Waals surface area contributed by atoms with Gasteiger partial charge in [-0.05, 0) is 43.1 Å². The Morgan fingerprint density at radius 3 is 2.59 bits per heavy atom. The van der Waals surface area contributed by atoms with Crippen LogP contribution < -0.4 is 5.32 Å². The van der Waals surface area contributed by atoms with Crippen LogP contribution in [0.15, 0.2) is 16.5 Å². The number of unbranched alkanes of at least 4 members (excludes halogenated alkanes) is 1. The quantitative estimate of drug-likeness (QED) is 0.724. The van der Waals surface area contributed by atoms with Gasteiger partial charge in [-0.15, -0.1) is 0 Å². The molecule has 0 amide bonds. The molecule has 0 aliphatic carbocycles. The van der Waals surface area contributed by atoms with Crippen molar-refractivity contribution in [3.05, 3.63) is 23.1 Å². The highest BCUT2D eigenvalue weighted by atomic mass is 35.5. The van der Waals surface area contributed by atoms with E-state index in [4.69, 9.17) is 16.0 Å². The van der Waals surface area contributed by atoms with Gasteiger partial charge in [0.1, 0.15) is 5.76 Å². The van der Waals surface area contributed by atoms with Crippen LogP contribution in [0.3, 0.4) is 0 Å². The average Bonchev–Trinajstić information content (AvgIpc) is 2.76. The fourth-order valence-electron chi connectivity index (χ4n) is 2.21. The summed E-state index contributed by atoms with van der Waals surface area (Å²) in [6, 6.07) is 4.06. The smallest absolute Gasteiger partial charge is 0.193 e. The van der Waals surface area contributed by atoms with Crippen molar-refractivity contribution in [3.63, 3.8) is 0 Å². The van der Waals surface area contributed by atoms with Gasteiger partial charge in [0.05, 0.1) is 6.04 Å². The Balaban J connectivity index is 2.55. The van der Waals surface area contributed by atoms with Gasteiger partial charge in [-0.2, -0.15) is 0 Å². The first-order chi connectivity index (χ1) is 8.21. The summed E-state index contributed by atoms with van der Waals surface area (Å²) >= 11 is 5.82. The minimum absolute atomic E-state index is 0.282. The van der Waals surface area contributed by atoms with Gasteiger partial charge in [0.2, 0.25) is 0 Å². The van der Waals surface area contributed by atoms with Crippen LogP contribution in [0.4, 0.5) is 0 Å². The lowest BCUT2D eigenvalue weighted by atomic mass is 9.91. The number of rotatable bonds is 8. The van der Waals surface area contributed by atoms with E-state index in [2.05, 4.69) is 19.2 Å². The number of nitrogens with one attached hydrogen (secondary N) is 1. The van der Waals surface area contributed by atoms with Crippen molar-refractivity contribution >= 4 is 11.6 Å². The molecule has 1 rings (SSSR count). The van der Waals surface area contributed by atoms with Gasteiger partial charge in [0.25, 0.3) is 0 Å². The SMILES string of the molecule is CCCCC(CC)CC(NC)c1ccc(Cl)o1. The molecular formula is C14H24ClNO. The molecule has 2 unspecified atom stereocenters. The zero-order chi connectivity index (χ0) is 12.7. The normalized spacial score (nSPS) is 14.8. The van der Waals surface area contributed by atoms with Crippen molar-refractivity contribution in [1.29, 1.82) is 0 Å². The highest BCUT2D eigenvalue weighted by Crippen LogP contribution is 2.28. The number of hydrogen-bond acceptors (Lipinski definition) is 2. The minimum Gasteiger partial charge on any atom is -0.448 e. The first-order valence-electron chi connectivity index (χ1n) is 6.63. The second-order valence-corrected chi connectivity index (χ2v) is 5.01. The highest BCUT2D eigenvalue weighted by molar-refractivity contribution is 6.28.